The summed E-state index contributed by atoms with van der Waals surface area (Å²) in [6, 6.07) is 12.0. The SMILES string of the molecule is COc1ccc(N2CCN(c3ccnc(C(=O)NCCN(C)C)c3)CC2)cc1. The van der Waals surface area contributed by atoms with Gasteiger partial charge in [-0.05, 0) is 50.5 Å². The van der Waals surface area contributed by atoms with Gasteiger partial charge in [0.2, 0.25) is 0 Å². The molecule has 1 fully saturated rings. The number of hydrogen-bond donors (Lipinski definition) is 1. The van der Waals surface area contributed by atoms with Gasteiger partial charge in [0.1, 0.15) is 11.4 Å². The van der Waals surface area contributed by atoms with Crippen LogP contribution in [-0.2, 0) is 0 Å². The minimum atomic E-state index is -0.124. The Morgan fingerprint density at radius 2 is 1.71 bits per heavy atom. The molecule has 1 N–H and O–H groups in total. The van der Waals surface area contributed by atoms with Crippen molar-refractivity contribution in [1.29, 1.82) is 0 Å². The third kappa shape index (κ3) is 5.13. The van der Waals surface area contributed by atoms with Gasteiger partial charge in [-0.25, -0.2) is 0 Å². The molecule has 1 aromatic carbocycles. The highest BCUT2D eigenvalue weighted by Gasteiger charge is 2.19. The molecule has 0 saturated carbocycles. The van der Waals surface area contributed by atoms with E-state index in [-0.39, 0.29) is 5.91 Å². The molecule has 1 aromatic heterocycles. The Morgan fingerprint density at radius 1 is 1.07 bits per heavy atom. The van der Waals surface area contributed by atoms with Gasteiger partial charge in [-0.3, -0.25) is 9.78 Å². The van der Waals surface area contributed by atoms with Crippen LogP contribution in [-0.4, -0.2) is 76.3 Å². The quantitative estimate of drug-likeness (QED) is 0.786. The predicted molar refractivity (Wildman–Crippen MR) is 113 cm³/mol. The van der Waals surface area contributed by atoms with Crippen molar-refractivity contribution in [3.05, 3.63) is 48.3 Å². The molecule has 1 aliphatic rings. The van der Waals surface area contributed by atoms with Crippen molar-refractivity contribution in [2.45, 2.75) is 0 Å². The summed E-state index contributed by atoms with van der Waals surface area (Å²) >= 11 is 0. The van der Waals surface area contributed by atoms with E-state index in [4.69, 9.17) is 4.74 Å². The number of likely N-dealkylation sites (N-methyl/N-ethyl adjacent to an activating group) is 1. The van der Waals surface area contributed by atoms with Gasteiger partial charge in [0.25, 0.3) is 5.91 Å². The van der Waals surface area contributed by atoms with Crippen molar-refractivity contribution < 1.29 is 9.53 Å². The predicted octanol–water partition coefficient (Wildman–Crippen LogP) is 1.71. The second-order valence-electron chi connectivity index (χ2n) is 7.13. The molecule has 7 nitrogen and oxygen atoms in total. The number of methoxy groups -OCH3 is 1. The van der Waals surface area contributed by atoms with Crippen LogP contribution in [0.5, 0.6) is 5.75 Å². The van der Waals surface area contributed by atoms with Crippen LogP contribution in [0.25, 0.3) is 0 Å². The first kappa shape index (κ1) is 19.9. The second kappa shape index (κ2) is 9.41. The minimum absolute atomic E-state index is 0.124. The van der Waals surface area contributed by atoms with Crippen LogP contribution in [0.3, 0.4) is 0 Å². The van der Waals surface area contributed by atoms with Gasteiger partial charge in [-0.2, -0.15) is 0 Å². The Kier molecular flexibility index (Phi) is 6.71. The summed E-state index contributed by atoms with van der Waals surface area (Å²) in [5.74, 6) is 0.746. The highest BCUT2D eigenvalue weighted by molar-refractivity contribution is 5.93. The van der Waals surface area contributed by atoms with E-state index in [9.17, 15) is 4.79 Å². The highest BCUT2D eigenvalue weighted by atomic mass is 16.5. The molecule has 3 rings (SSSR count). The van der Waals surface area contributed by atoms with E-state index in [1.54, 1.807) is 13.3 Å². The van der Waals surface area contributed by atoms with Crippen molar-refractivity contribution in [2.75, 3.05) is 70.3 Å². The van der Waals surface area contributed by atoms with Gasteiger partial charge >= 0.3 is 0 Å². The van der Waals surface area contributed by atoms with Gasteiger partial charge in [-0.1, -0.05) is 0 Å². The summed E-state index contributed by atoms with van der Waals surface area (Å²) in [5, 5.41) is 2.92. The molecule has 1 aliphatic heterocycles. The normalized spacial score (nSPS) is 14.3. The van der Waals surface area contributed by atoms with Crippen LogP contribution < -0.4 is 19.9 Å². The molecule has 2 aromatic rings. The fourth-order valence-electron chi connectivity index (χ4n) is 3.24. The van der Waals surface area contributed by atoms with Gasteiger partial charge < -0.3 is 24.8 Å². The van der Waals surface area contributed by atoms with Crippen LogP contribution in [0, 0.1) is 0 Å². The zero-order valence-corrected chi connectivity index (χ0v) is 16.9. The van der Waals surface area contributed by atoms with Gasteiger partial charge in [-0.15, -0.1) is 0 Å². The summed E-state index contributed by atoms with van der Waals surface area (Å²) in [6.07, 6.45) is 1.71. The number of carbonyl (C=O) groups is 1. The molecule has 28 heavy (non-hydrogen) atoms. The third-order valence-electron chi connectivity index (χ3n) is 4.90. The molecule has 0 spiro atoms. The first-order valence-corrected chi connectivity index (χ1v) is 9.60. The Balaban J connectivity index is 1.57. The number of anilines is 2. The molecule has 0 radical (unpaired) electrons. The smallest absolute Gasteiger partial charge is 0.269 e. The lowest BCUT2D eigenvalue weighted by molar-refractivity contribution is 0.0946. The zero-order chi connectivity index (χ0) is 19.9. The third-order valence-corrected chi connectivity index (χ3v) is 4.90. The summed E-state index contributed by atoms with van der Waals surface area (Å²) in [6.45, 7) is 5.07. The summed E-state index contributed by atoms with van der Waals surface area (Å²) in [5.41, 5.74) is 2.71. The maximum Gasteiger partial charge on any atom is 0.269 e. The molecule has 1 saturated heterocycles. The highest BCUT2D eigenvalue weighted by Crippen LogP contribution is 2.23. The van der Waals surface area contributed by atoms with E-state index in [1.807, 2.05) is 43.3 Å². The molecule has 0 bridgehead atoms. The minimum Gasteiger partial charge on any atom is -0.497 e. The molecular weight excluding hydrogens is 354 g/mol. The molecular formula is C21H29N5O2. The molecule has 1 amide bonds. The second-order valence-corrected chi connectivity index (χ2v) is 7.13. The lowest BCUT2D eigenvalue weighted by atomic mass is 10.2. The van der Waals surface area contributed by atoms with E-state index < -0.39 is 0 Å². The zero-order valence-electron chi connectivity index (χ0n) is 16.9. The summed E-state index contributed by atoms with van der Waals surface area (Å²) in [4.78, 5) is 23.3. The summed E-state index contributed by atoms with van der Waals surface area (Å²) < 4.78 is 5.23. The Hall–Kier alpha value is -2.80. The number of nitrogens with zero attached hydrogens (tertiary/aromatic N) is 4. The maximum atomic E-state index is 12.3. The van der Waals surface area contributed by atoms with Crippen LogP contribution in [0.15, 0.2) is 42.6 Å². The number of pyridine rings is 1. The van der Waals surface area contributed by atoms with Crippen LogP contribution in [0.4, 0.5) is 11.4 Å². The van der Waals surface area contributed by atoms with E-state index >= 15 is 0 Å². The standard InChI is InChI=1S/C21H29N5O2/c1-24(2)11-10-23-21(27)20-16-18(8-9-22-20)26-14-12-25(13-15-26)17-4-6-19(28-3)7-5-17/h4-9,16H,10-15H2,1-3H3,(H,23,27). The van der Waals surface area contributed by atoms with Crippen molar-refractivity contribution in [1.82, 2.24) is 15.2 Å². The molecule has 7 heteroatoms. The van der Waals surface area contributed by atoms with E-state index in [2.05, 4.69) is 32.2 Å². The van der Waals surface area contributed by atoms with Crippen LogP contribution >= 0.6 is 0 Å². The van der Waals surface area contributed by atoms with Crippen molar-refractivity contribution in [3.8, 4) is 5.75 Å². The molecule has 0 unspecified atom stereocenters. The monoisotopic (exact) mass is 383 g/mol. The fraction of sp³-hybridized carbons (Fsp3) is 0.429. The van der Waals surface area contributed by atoms with Gasteiger partial charge in [0, 0.05) is 56.8 Å². The number of benzene rings is 1. The van der Waals surface area contributed by atoms with E-state index in [1.165, 1.54) is 5.69 Å². The largest absolute Gasteiger partial charge is 0.497 e. The average Bonchev–Trinajstić information content (AvgIpc) is 2.74. The van der Waals surface area contributed by atoms with Crippen molar-refractivity contribution in [3.63, 3.8) is 0 Å². The number of nitrogens with one attached hydrogen (secondary N) is 1. The molecule has 2 heterocycles. The Bertz CT molecular complexity index is 771. The van der Waals surface area contributed by atoms with E-state index in [0.717, 1.165) is 44.2 Å². The Labute approximate surface area is 166 Å². The fourth-order valence-corrected chi connectivity index (χ4v) is 3.24. The first-order chi connectivity index (χ1) is 13.6. The lowest BCUT2D eigenvalue weighted by Gasteiger charge is -2.37. The lowest BCUT2D eigenvalue weighted by Crippen LogP contribution is -2.46. The number of ether oxygens (including phenoxy) is 1. The van der Waals surface area contributed by atoms with Crippen LogP contribution in [0.1, 0.15) is 10.5 Å². The molecule has 0 aliphatic carbocycles. The number of aromatic nitrogens is 1. The number of hydrogen-bond acceptors (Lipinski definition) is 6. The number of piperazine rings is 1. The number of rotatable bonds is 7. The van der Waals surface area contributed by atoms with Crippen molar-refractivity contribution >= 4 is 17.3 Å². The molecule has 150 valence electrons. The summed E-state index contributed by atoms with van der Waals surface area (Å²) in [7, 11) is 5.65. The maximum absolute atomic E-state index is 12.3. The average molecular weight is 383 g/mol. The first-order valence-electron chi connectivity index (χ1n) is 9.60. The molecule has 0 atom stereocenters. The van der Waals surface area contributed by atoms with Crippen LogP contribution in [0.2, 0.25) is 0 Å². The number of carbonyl (C=O) groups excluding carboxylic acids is 1. The van der Waals surface area contributed by atoms with Gasteiger partial charge in [0.15, 0.2) is 0 Å². The van der Waals surface area contributed by atoms with E-state index in [0.29, 0.717) is 12.2 Å². The number of amides is 1. The topological polar surface area (TPSA) is 60.9 Å². The van der Waals surface area contributed by atoms with Crippen molar-refractivity contribution in [2.24, 2.45) is 0 Å². The Morgan fingerprint density at radius 3 is 2.32 bits per heavy atom. The van der Waals surface area contributed by atoms with Gasteiger partial charge in [0.05, 0.1) is 7.11 Å².